The molecule has 5 nitrogen and oxygen atoms in total. The minimum Gasteiger partial charge on any atom is -0.484 e. The molecule has 25 heavy (non-hydrogen) atoms. The molecule has 0 aliphatic heterocycles. The van der Waals surface area contributed by atoms with Gasteiger partial charge in [0.15, 0.2) is 16.4 Å². The molecule has 0 unspecified atom stereocenters. The molecule has 1 amide bonds. The molecule has 134 valence electrons. The minimum absolute atomic E-state index is 0.117. The molecule has 9 heteroatoms. The molecular weight excluding hydrogens is 359 g/mol. The lowest BCUT2D eigenvalue weighted by Gasteiger charge is -2.10. The highest BCUT2D eigenvalue weighted by molar-refractivity contribution is 7.90. The third-order valence-corrected chi connectivity index (χ3v) is 4.25. The van der Waals surface area contributed by atoms with Gasteiger partial charge in [-0.3, -0.25) is 4.79 Å². The van der Waals surface area contributed by atoms with Crippen LogP contribution in [0.5, 0.6) is 5.75 Å². The maximum absolute atomic E-state index is 12.4. The average molecular weight is 373 g/mol. The summed E-state index contributed by atoms with van der Waals surface area (Å²) in [5.74, 6) is -0.414. The number of anilines is 1. The Kier molecular flexibility index (Phi) is 5.36. The second-order valence-corrected chi connectivity index (χ2v) is 7.17. The molecule has 0 fully saturated rings. The van der Waals surface area contributed by atoms with Gasteiger partial charge in [-0.2, -0.15) is 13.2 Å². The molecule has 2 aromatic rings. The monoisotopic (exact) mass is 373 g/mol. The number of carbonyl (C=O) groups is 1. The number of nitrogens with one attached hydrogen (secondary N) is 1. The van der Waals surface area contributed by atoms with E-state index in [9.17, 15) is 26.4 Å². The van der Waals surface area contributed by atoms with Gasteiger partial charge in [-0.1, -0.05) is 0 Å². The zero-order chi connectivity index (χ0) is 18.7. The predicted octanol–water partition coefficient (Wildman–Crippen LogP) is 3.13. The van der Waals surface area contributed by atoms with E-state index in [0.717, 1.165) is 30.5 Å². The van der Waals surface area contributed by atoms with E-state index in [-0.39, 0.29) is 10.6 Å². The van der Waals surface area contributed by atoms with Gasteiger partial charge in [-0.05, 0) is 48.5 Å². The van der Waals surface area contributed by atoms with Crippen molar-refractivity contribution < 1.29 is 31.1 Å². The van der Waals surface area contributed by atoms with Gasteiger partial charge >= 0.3 is 6.18 Å². The highest BCUT2D eigenvalue weighted by Gasteiger charge is 2.30. The molecule has 0 heterocycles. The van der Waals surface area contributed by atoms with Crippen LogP contribution in [-0.2, 0) is 20.8 Å². The fourth-order valence-corrected chi connectivity index (χ4v) is 2.50. The number of halogens is 3. The van der Waals surface area contributed by atoms with Crippen LogP contribution in [-0.4, -0.2) is 27.2 Å². The predicted molar refractivity (Wildman–Crippen MR) is 85.1 cm³/mol. The van der Waals surface area contributed by atoms with Crippen molar-refractivity contribution in [3.8, 4) is 5.75 Å². The van der Waals surface area contributed by atoms with Gasteiger partial charge in [-0.25, -0.2) is 8.42 Å². The second-order valence-electron chi connectivity index (χ2n) is 5.16. The normalized spacial score (nSPS) is 11.8. The van der Waals surface area contributed by atoms with Crippen molar-refractivity contribution in [2.75, 3.05) is 18.2 Å². The Balaban J connectivity index is 1.90. The van der Waals surface area contributed by atoms with Gasteiger partial charge in [0.1, 0.15) is 5.75 Å². The topological polar surface area (TPSA) is 72.5 Å². The zero-order valence-corrected chi connectivity index (χ0v) is 13.8. The second kappa shape index (κ2) is 7.14. The highest BCUT2D eigenvalue weighted by atomic mass is 32.2. The Morgan fingerprint density at radius 1 is 1.04 bits per heavy atom. The van der Waals surface area contributed by atoms with Crippen LogP contribution in [0.1, 0.15) is 5.56 Å². The summed E-state index contributed by atoms with van der Waals surface area (Å²) < 4.78 is 65.1. The summed E-state index contributed by atoms with van der Waals surface area (Å²) in [5.41, 5.74) is -0.441. The maximum atomic E-state index is 12.4. The lowest BCUT2D eigenvalue weighted by molar-refractivity contribution is -0.137. The number of rotatable bonds is 5. The Hall–Kier alpha value is -2.55. The van der Waals surface area contributed by atoms with Crippen molar-refractivity contribution in [2.45, 2.75) is 11.1 Å². The Morgan fingerprint density at radius 3 is 2.08 bits per heavy atom. The van der Waals surface area contributed by atoms with Crippen molar-refractivity contribution in [1.82, 2.24) is 0 Å². The summed E-state index contributed by atoms with van der Waals surface area (Å²) in [4.78, 5) is 11.9. The molecule has 2 aromatic carbocycles. The van der Waals surface area contributed by atoms with Gasteiger partial charge < -0.3 is 10.1 Å². The standard InChI is InChI=1S/C16H14F3NO4S/c1-25(22,23)14-8-4-12(5-9-14)20-15(21)10-24-13-6-2-11(3-7-13)16(17,18)19/h2-9H,10H2,1H3,(H,20,21). The minimum atomic E-state index is -4.44. The zero-order valence-electron chi connectivity index (χ0n) is 13.0. The Bertz CT molecular complexity index is 844. The fourth-order valence-electron chi connectivity index (χ4n) is 1.87. The molecule has 0 saturated carbocycles. The molecular formula is C16H14F3NO4S. The van der Waals surface area contributed by atoms with Crippen LogP contribution in [0.2, 0.25) is 0 Å². The Morgan fingerprint density at radius 2 is 1.60 bits per heavy atom. The summed E-state index contributed by atoms with van der Waals surface area (Å²) in [6.45, 7) is -0.404. The van der Waals surface area contributed by atoms with E-state index in [1.165, 1.54) is 24.3 Å². The smallest absolute Gasteiger partial charge is 0.416 e. The number of hydrogen-bond acceptors (Lipinski definition) is 4. The summed E-state index contributed by atoms with van der Waals surface area (Å²) in [5, 5.41) is 2.49. The highest BCUT2D eigenvalue weighted by Crippen LogP contribution is 2.30. The number of hydrogen-bond donors (Lipinski definition) is 1. The van der Waals surface area contributed by atoms with Crippen molar-refractivity contribution in [1.29, 1.82) is 0 Å². The van der Waals surface area contributed by atoms with E-state index in [1.54, 1.807) is 0 Å². The van der Waals surface area contributed by atoms with Gasteiger partial charge in [0.2, 0.25) is 0 Å². The number of benzene rings is 2. The van der Waals surface area contributed by atoms with Crippen LogP contribution in [0.25, 0.3) is 0 Å². The lowest BCUT2D eigenvalue weighted by Crippen LogP contribution is -2.20. The number of ether oxygens (including phenoxy) is 1. The molecule has 0 bridgehead atoms. The van der Waals surface area contributed by atoms with Crippen molar-refractivity contribution in [3.63, 3.8) is 0 Å². The Labute approximate surface area is 142 Å². The van der Waals surface area contributed by atoms with E-state index in [0.29, 0.717) is 5.69 Å². The van der Waals surface area contributed by atoms with E-state index in [1.807, 2.05) is 0 Å². The van der Waals surface area contributed by atoms with Gasteiger partial charge in [0, 0.05) is 11.9 Å². The van der Waals surface area contributed by atoms with Crippen LogP contribution in [0.15, 0.2) is 53.4 Å². The molecule has 2 rings (SSSR count). The van der Waals surface area contributed by atoms with E-state index >= 15 is 0 Å². The molecule has 0 aromatic heterocycles. The third kappa shape index (κ3) is 5.49. The van der Waals surface area contributed by atoms with Crippen LogP contribution >= 0.6 is 0 Å². The van der Waals surface area contributed by atoms with Crippen molar-refractivity contribution >= 4 is 21.4 Å². The number of carbonyl (C=O) groups excluding carboxylic acids is 1. The SMILES string of the molecule is CS(=O)(=O)c1ccc(NC(=O)COc2ccc(C(F)(F)F)cc2)cc1. The van der Waals surface area contributed by atoms with Crippen LogP contribution in [0, 0.1) is 0 Å². The molecule has 0 saturated heterocycles. The van der Waals surface area contributed by atoms with Gasteiger partial charge in [0.25, 0.3) is 5.91 Å². The first-order valence-corrected chi connectivity index (χ1v) is 8.85. The molecule has 0 atom stereocenters. The first-order valence-electron chi connectivity index (χ1n) is 6.96. The first kappa shape index (κ1) is 18.8. The van der Waals surface area contributed by atoms with E-state index in [2.05, 4.69) is 5.32 Å². The van der Waals surface area contributed by atoms with Crippen LogP contribution in [0.4, 0.5) is 18.9 Å². The van der Waals surface area contributed by atoms with Gasteiger partial charge in [0.05, 0.1) is 10.5 Å². The number of amides is 1. The van der Waals surface area contributed by atoms with Crippen LogP contribution in [0.3, 0.4) is 0 Å². The summed E-state index contributed by atoms with van der Waals surface area (Å²) in [7, 11) is -3.33. The molecule has 0 aliphatic rings. The quantitative estimate of drug-likeness (QED) is 0.874. The van der Waals surface area contributed by atoms with Crippen LogP contribution < -0.4 is 10.1 Å². The first-order chi connectivity index (χ1) is 11.6. The van der Waals surface area contributed by atoms with E-state index in [4.69, 9.17) is 4.74 Å². The fraction of sp³-hybridized carbons (Fsp3) is 0.188. The molecule has 0 aliphatic carbocycles. The number of sulfone groups is 1. The maximum Gasteiger partial charge on any atom is 0.416 e. The lowest BCUT2D eigenvalue weighted by atomic mass is 10.2. The van der Waals surface area contributed by atoms with E-state index < -0.39 is 34.1 Å². The average Bonchev–Trinajstić information content (AvgIpc) is 2.52. The molecule has 1 N–H and O–H groups in total. The molecule has 0 spiro atoms. The third-order valence-electron chi connectivity index (χ3n) is 3.12. The summed E-state index contributed by atoms with van der Waals surface area (Å²) in [6, 6.07) is 9.50. The van der Waals surface area contributed by atoms with Crippen molar-refractivity contribution in [2.24, 2.45) is 0 Å². The number of alkyl halides is 3. The summed E-state index contributed by atoms with van der Waals surface area (Å²) >= 11 is 0. The summed E-state index contributed by atoms with van der Waals surface area (Å²) in [6.07, 6.45) is -3.37. The van der Waals surface area contributed by atoms with Gasteiger partial charge in [-0.15, -0.1) is 0 Å². The molecule has 0 radical (unpaired) electrons. The largest absolute Gasteiger partial charge is 0.484 e. The van der Waals surface area contributed by atoms with Crippen molar-refractivity contribution in [3.05, 3.63) is 54.1 Å².